The Morgan fingerprint density at radius 2 is 2.05 bits per heavy atom. The monoisotopic (exact) mass is 337 g/mol. The van der Waals surface area contributed by atoms with Crippen LogP contribution in [0.2, 0.25) is 0 Å². The van der Waals surface area contributed by atoms with Gasteiger partial charge in [-0.2, -0.15) is 11.8 Å². The summed E-state index contributed by atoms with van der Waals surface area (Å²) in [7, 11) is -4.31. The molecule has 0 spiro atoms. The molecule has 0 amide bonds. The van der Waals surface area contributed by atoms with E-state index in [4.69, 9.17) is 5.11 Å². The van der Waals surface area contributed by atoms with Gasteiger partial charge in [0.15, 0.2) is 11.6 Å². The Bertz CT molecular complexity index is 687. The average molecular weight is 337 g/mol. The van der Waals surface area contributed by atoms with Crippen molar-refractivity contribution in [2.75, 3.05) is 12.8 Å². The highest BCUT2D eigenvalue weighted by Crippen LogP contribution is 2.46. The molecule has 0 heterocycles. The first-order valence-corrected chi connectivity index (χ1v) is 8.69. The lowest BCUT2D eigenvalue weighted by Gasteiger charge is -2.14. The minimum Gasteiger partial charge on any atom is -0.478 e. The van der Waals surface area contributed by atoms with Gasteiger partial charge < -0.3 is 5.11 Å². The van der Waals surface area contributed by atoms with E-state index in [1.54, 1.807) is 0 Å². The first-order valence-electron chi connectivity index (χ1n) is 5.98. The van der Waals surface area contributed by atoms with Crippen molar-refractivity contribution < 1.29 is 27.1 Å². The summed E-state index contributed by atoms with van der Waals surface area (Å²) in [6.07, 6.45) is 3.51. The van der Waals surface area contributed by atoms with Crippen LogP contribution in [-0.2, 0) is 10.0 Å². The predicted octanol–water partition coefficient (Wildman–Crippen LogP) is 1.84. The fourth-order valence-electron chi connectivity index (χ4n) is 1.78. The van der Waals surface area contributed by atoms with Crippen molar-refractivity contribution in [1.29, 1.82) is 0 Å². The first kappa shape index (κ1) is 16.2. The Hall–Kier alpha value is -1.19. The third kappa shape index (κ3) is 3.35. The molecular formula is C12H13F2NO4S2. The van der Waals surface area contributed by atoms with Crippen LogP contribution in [0.4, 0.5) is 8.78 Å². The molecular weight excluding hydrogens is 324 g/mol. The maximum Gasteiger partial charge on any atom is 0.335 e. The SMILES string of the molecule is CSC1(CNS(=O)(=O)c2cc(C(=O)O)cc(F)c2F)CC1. The van der Waals surface area contributed by atoms with Crippen LogP contribution in [0.15, 0.2) is 17.0 Å². The third-order valence-electron chi connectivity index (χ3n) is 3.36. The van der Waals surface area contributed by atoms with Gasteiger partial charge in [-0.25, -0.2) is 26.7 Å². The van der Waals surface area contributed by atoms with Gasteiger partial charge in [0.2, 0.25) is 10.0 Å². The van der Waals surface area contributed by atoms with Gasteiger partial charge in [-0.15, -0.1) is 0 Å². The normalized spacial score (nSPS) is 16.7. The number of benzene rings is 1. The number of carboxylic acids is 1. The molecule has 21 heavy (non-hydrogen) atoms. The van der Waals surface area contributed by atoms with Crippen LogP contribution in [-0.4, -0.2) is 37.0 Å². The molecule has 1 saturated carbocycles. The Morgan fingerprint density at radius 1 is 1.43 bits per heavy atom. The summed E-state index contributed by atoms with van der Waals surface area (Å²) in [5.74, 6) is -4.63. The number of aromatic carboxylic acids is 1. The van der Waals surface area contributed by atoms with Crippen molar-refractivity contribution >= 4 is 27.8 Å². The van der Waals surface area contributed by atoms with E-state index in [-0.39, 0.29) is 11.3 Å². The summed E-state index contributed by atoms with van der Waals surface area (Å²) in [5, 5.41) is 8.79. The van der Waals surface area contributed by atoms with E-state index in [1.165, 1.54) is 11.8 Å². The summed E-state index contributed by atoms with van der Waals surface area (Å²) in [6, 6.07) is 1.06. The Morgan fingerprint density at radius 3 is 2.52 bits per heavy atom. The topological polar surface area (TPSA) is 83.5 Å². The van der Waals surface area contributed by atoms with Crippen LogP contribution in [0.5, 0.6) is 0 Å². The molecule has 1 aromatic carbocycles. The van der Waals surface area contributed by atoms with Crippen molar-refractivity contribution in [3.63, 3.8) is 0 Å². The summed E-state index contributed by atoms with van der Waals surface area (Å²) in [4.78, 5) is 9.82. The van der Waals surface area contributed by atoms with Crippen molar-refractivity contribution in [2.45, 2.75) is 22.5 Å². The van der Waals surface area contributed by atoms with Gasteiger partial charge in [0.05, 0.1) is 5.56 Å². The predicted molar refractivity (Wildman–Crippen MR) is 74.0 cm³/mol. The molecule has 0 unspecified atom stereocenters. The summed E-state index contributed by atoms with van der Waals surface area (Å²) < 4.78 is 53.1. The molecule has 1 aliphatic rings. The number of hydrogen-bond donors (Lipinski definition) is 2. The van der Waals surface area contributed by atoms with Gasteiger partial charge in [0, 0.05) is 11.3 Å². The maximum atomic E-state index is 13.7. The number of carbonyl (C=O) groups is 1. The Balaban J connectivity index is 2.33. The zero-order chi connectivity index (χ0) is 15.8. The molecule has 0 aromatic heterocycles. The maximum absolute atomic E-state index is 13.7. The molecule has 2 rings (SSSR count). The zero-order valence-electron chi connectivity index (χ0n) is 11.0. The van der Waals surface area contributed by atoms with Crippen molar-refractivity contribution in [2.24, 2.45) is 0 Å². The first-order chi connectivity index (χ1) is 9.71. The Labute approximate surface area is 124 Å². The highest BCUT2D eigenvalue weighted by Gasteiger charge is 2.42. The summed E-state index contributed by atoms with van der Waals surface area (Å²) >= 11 is 1.50. The van der Waals surface area contributed by atoms with Crippen molar-refractivity contribution in [3.05, 3.63) is 29.3 Å². The number of thioether (sulfide) groups is 1. The number of sulfonamides is 1. The molecule has 1 aliphatic carbocycles. The molecule has 0 atom stereocenters. The van der Waals surface area contributed by atoms with E-state index in [0.29, 0.717) is 12.1 Å². The molecule has 9 heteroatoms. The lowest BCUT2D eigenvalue weighted by Crippen LogP contribution is -2.32. The summed E-state index contributed by atoms with van der Waals surface area (Å²) in [6.45, 7) is 0.0921. The van der Waals surface area contributed by atoms with Gasteiger partial charge in [-0.1, -0.05) is 0 Å². The number of carboxylic acid groups (broad SMARTS) is 1. The van der Waals surface area contributed by atoms with Gasteiger partial charge in [-0.05, 0) is 31.2 Å². The van der Waals surface area contributed by atoms with Gasteiger partial charge in [-0.3, -0.25) is 0 Å². The molecule has 0 radical (unpaired) electrons. The van der Waals surface area contributed by atoms with Crippen LogP contribution in [0.25, 0.3) is 0 Å². The molecule has 0 saturated heterocycles. The third-order valence-corrected chi connectivity index (χ3v) is 6.18. The number of nitrogens with one attached hydrogen (secondary N) is 1. The van der Waals surface area contributed by atoms with E-state index in [9.17, 15) is 22.0 Å². The minimum absolute atomic E-state index is 0.0921. The van der Waals surface area contributed by atoms with Crippen molar-refractivity contribution in [1.82, 2.24) is 4.72 Å². The van der Waals surface area contributed by atoms with E-state index in [0.717, 1.165) is 12.8 Å². The fraction of sp³-hybridized carbons (Fsp3) is 0.417. The number of hydrogen-bond acceptors (Lipinski definition) is 4. The largest absolute Gasteiger partial charge is 0.478 e. The number of halogens is 2. The molecule has 5 nitrogen and oxygen atoms in total. The number of rotatable bonds is 6. The quantitative estimate of drug-likeness (QED) is 0.827. The smallest absolute Gasteiger partial charge is 0.335 e. The minimum atomic E-state index is -4.31. The second-order valence-electron chi connectivity index (χ2n) is 4.79. The second kappa shape index (κ2) is 5.54. The van der Waals surface area contributed by atoms with Crippen LogP contribution in [0.1, 0.15) is 23.2 Å². The lowest BCUT2D eigenvalue weighted by molar-refractivity contribution is 0.0696. The van der Waals surface area contributed by atoms with Gasteiger partial charge >= 0.3 is 5.97 Å². The fourth-order valence-corrected chi connectivity index (χ4v) is 3.84. The molecule has 1 aromatic rings. The van der Waals surface area contributed by atoms with E-state index in [1.807, 2.05) is 6.26 Å². The highest BCUT2D eigenvalue weighted by molar-refractivity contribution is 8.00. The molecule has 0 aliphatic heterocycles. The standard InChI is InChI=1S/C12H13F2NO4S2/c1-20-12(2-3-12)6-15-21(18,19)9-5-7(11(16)17)4-8(13)10(9)14/h4-5,15H,2-3,6H2,1H3,(H,16,17). The molecule has 2 N–H and O–H groups in total. The second-order valence-corrected chi connectivity index (χ2v) is 7.80. The Kier molecular flexibility index (Phi) is 4.27. The van der Waals surface area contributed by atoms with Gasteiger partial charge in [0.1, 0.15) is 4.90 Å². The zero-order valence-corrected chi connectivity index (χ0v) is 12.7. The molecule has 0 bridgehead atoms. The van der Waals surface area contributed by atoms with E-state index < -0.39 is 38.1 Å². The van der Waals surface area contributed by atoms with Crippen molar-refractivity contribution in [3.8, 4) is 0 Å². The van der Waals surface area contributed by atoms with Crippen LogP contribution < -0.4 is 4.72 Å². The van der Waals surface area contributed by atoms with Crippen LogP contribution in [0, 0.1) is 11.6 Å². The summed E-state index contributed by atoms with van der Waals surface area (Å²) in [5.41, 5.74) is -0.625. The molecule has 1 fully saturated rings. The van der Waals surface area contributed by atoms with E-state index in [2.05, 4.69) is 4.72 Å². The lowest BCUT2D eigenvalue weighted by atomic mass is 10.2. The highest BCUT2D eigenvalue weighted by atomic mass is 32.2. The van der Waals surface area contributed by atoms with E-state index >= 15 is 0 Å². The average Bonchev–Trinajstić information content (AvgIpc) is 3.20. The van der Waals surface area contributed by atoms with Gasteiger partial charge in [0.25, 0.3) is 0 Å². The van der Waals surface area contributed by atoms with Crippen LogP contribution in [0.3, 0.4) is 0 Å². The molecule has 116 valence electrons. The van der Waals surface area contributed by atoms with Crippen LogP contribution >= 0.6 is 11.8 Å².